The molecule has 0 unspecified atom stereocenters. The molecule has 1 rings (SSSR count). The SMILES string of the molecule is CCOC(=O)[C@H](CSCc1ccc(N(C)C)cc1)NC(=O)[C@H](C)CS. The lowest BCUT2D eigenvalue weighted by Gasteiger charge is -2.19. The first-order valence-electron chi connectivity index (χ1n) is 8.30. The summed E-state index contributed by atoms with van der Waals surface area (Å²) in [6, 6.07) is 7.64. The average molecular weight is 385 g/mol. The molecule has 0 saturated carbocycles. The standard InChI is InChI=1S/C18H28N2O3S2/c1-5-23-18(22)16(19-17(21)13(2)10-24)12-25-11-14-6-8-15(9-7-14)20(3)4/h6-9,13,16,24H,5,10-12H2,1-4H3,(H,19,21)/t13-,16+/m1/s1. The monoisotopic (exact) mass is 384 g/mol. The van der Waals surface area contributed by atoms with Crippen LogP contribution in [0.4, 0.5) is 5.69 Å². The number of nitrogens with one attached hydrogen (secondary N) is 1. The number of hydrogen-bond donors (Lipinski definition) is 2. The van der Waals surface area contributed by atoms with E-state index in [1.165, 1.54) is 5.56 Å². The first-order chi connectivity index (χ1) is 11.9. The van der Waals surface area contributed by atoms with E-state index < -0.39 is 12.0 Å². The molecule has 1 N–H and O–H groups in total. The summed E-state index contributed by atoms with van der Waals surface area (Å²) in [5, 5.41) is 2.77. The first kappa shape index (κ1) is 21.7. The highest BCUT2D eigenvalue weighted by atomic mass is 32.2. The van der Waals surface area contributed by atoms with E-state index in [1.54, 1.807) is 25.6 Å². The van der Waals surface area contributed by atoms with Crippen LogP contribution in [0.25, 0.3) is 0 Å². The fourth-order valence-electron chi connectivity index (χ4n) is 1.99. The van der Waals surface area contributed by atoms with E-state index in [9.17, 15) is 9.59 Å². The molecule has 0 aliphatic heterocycles. The lowest BCUT2D eigenvalue weighted by Crippen LogP contribution is -2.46. The van der Waals surface area contributed by atoms with Gasteiger partial charge < -0.3 is 15.0 Å². The number of esters is 1. The maximum Gasteiger partial charge on any atom is 0.329 e. The molecule has 0 spiro atoms. The third kappa shape index (κ3) is 7.61. The van der Waals surface area contributed by atoms with Crippen LogP contribution in [0, 0.1) is 5.92 Å². The summed E-state index contributed by atoms with van der Waals surface area (Å²) in [7, 11) is 4.00. The smallest absolute Gasteiger partial charge is 0.329 e. The zero-order valence-corrected chi connectivity index (χ0v) is 17.0. The lowest BCUT2D eigenvalue weighted by atomic mass is 10.2. The van der Waals surface area contributed by atoms with Gasteiger partial charge in [-0.3, -0.25) is 4.79 Å². The summed E-state index contributed by atoms with van der Waals surface area (Å²) in [5.74, 6) is 0.860. The van der Waals surface area contributed by atoms with E-state index in [1.807, 2.05) is 19.0 Å². The normalized spacial score (nSPS) is 13.0. The Labute approximate surface area is 160 Å². The van der Waals surface area contributed by atoms with Crippen LogP contribution in [0.15, 0.2) is 24.3 Å². The van der Waals surface area contributed by atoms with E-state index in [-0.39, 0.29) is 11.8 Å². The number of hydrogen-bond acceptors (Lipinski definition) is 6. The number of thioether (sulfide) groups is 1. The van der Waals surface area contributed by atoms with Gasteiger partial charge in [-0.25, -0.2) is 4.79 Å². The summed E-state index contributed by atoms with van der Waals surface area (Å²) in [6.07, 6.45) is 0. The van der Waals surface area contributed by atoms with Gasteiger partial charge in [-0.05, 0) is 24.6 Å². The molecule has 140 valence electrons. The second-order valence-electron chi connectivity index (χ2n) is 5.97. The number of ether oxygens (including phenoxy) is 1. The summed E-state index contributed by atoms with van der Waals surface area (Å²) < 4.78 is 5.07. The molecule has 0 bridgehead atoms. The zero-order chi connectivity index (χ0) is 18.8. The summed E-state index contributed by atoms with van der Waals surface area (Å²) in [4.78, 5) is 26.2. The van der Waals surface area contributed by atoms with Crippen LogP contribution in [-0.4, -0.2) is 50.1 Å². The molecular weight excluding hydrogens is 356 g/mol. The summed E-state index contributed by atoms with van der Waals surface area (Å²) >= 11 is 5.72. The predicted molar refractivity (Wildman–Crippen MR) is 109 cm³/mol. The van der Waals surface area contributed by atoms with Gasteiger partial charge in [0.05, 0.1) is 6.61 Å². The van der Waals surface area contributed by atoms with Crippen molar-refractivity contribution in [3.05, 3.63) is 29.8 Å². The highest BCUT2D eigenvalue weighted by Crippen LogP contribution is 2.18. The Morgan fingerprint density at radius 1 is 1.28 bits per heavy atom. The molecule has 0 aliphatic carbocycles. The average Bonchev–Trinajstić information content (AvgIpc) is 2.60. The number of thiol groups is 1. The molecule has 5 nitrogen and oxygen atoms in total. The van der Waals surface area contributed by atoms with Crippen molar-refractivity contribution < 1.29 is 14.3 Å². The van der Waals surface area contributed by atoms with Crippen molar-refractivity contribution in [2.24, 2.45) is 5.92 Å². The molecule has 1 aromatic rings. The Kier molecular flexibility index (Phi) is 9.82. The van der Waals surface area contributed by atoms with E-state index in [2.05, 4.69) is 42.2 Å². The number of rotatable bonds is 10. The van der Waals surface area contributed by atoms with Gasteiger partial charge >= 0.3 is 5.97 Å². The zero-order valence-electron chi connectivity index (χ0n) is 15.3. The van der Waals surface area contributed by atoms with Crippen LogP contribution >= 0.6 is 24.4 Å². The van der Waals surface area contributed by atoms with Crippen LogP contribution in [0.5, 0.6) is 0 Å². The van der Waals surface area contributed by atoms with Crippen LogP contribution in [-0.2, 0) is 20.1 Å². The Balaban J connectivity index is 2.59. The predicted octanol–water partition coefficient (Wildman–Crippen LogP) is 2.60. The largest absolute Gasteiger partial charge is 0.464 e. The molecule has 1 aromatic carbocycles. The van der Waals surface area contributed by atoms with Gasteiger partial charge in [-0.1, -0.05) is 19.1 Å². The third-order valence-electron chi connectivity index (χ3n) is 3.62. The first-order valence-corrected chi connectivity index (χ1v) is 10.1. The molecule has 7 heteroatoms. The van der Waals surface area contributed by atoms with E-state index in [0.717, 1.165) is 11.4 Å². The quantitative estimate of drug-likeness (QED) is 0.480. The second kappa shape index (κ2) is 11.3. The summed E-state index contributed by atoms with van der Waals surface area (Å²) in [6.45, 7) is 3.83. The van der Waals surface area contributed by atoms with Gasteiger partial charge in [0.25, 0.3) is 0 Å². The van der Waals surface area contributed by atoms with Gasteiger partial charge in [0.1, 0.15) is 6.04 Å². The van der Waals surface area contributed by atoms with Gasteiger partial charge in [0.2, 0.25) is 5.91 Å². The maximum atomic E-state index is 12.1. The molecule has 0 aromatic heterocycles. The maximum absolute atomic E-state index is 12.1. The minimum Gasteiger partial charge on any atom is -0.464 e. The van der Waals surface area contributed by atoms with Crippen LogP contribution in [0.2, 0.25) is 0 Å². The Hall–Kier alpha value is -1.34. The fourth-order valence-corrected chi connectivity index (χ4v) is 3.16. The molecule has 0 radical (unpaired) electrons. The van der Waals surface area contributed by atoms with Crippen molar-refractivity contribution in [2.45, 2.75) is 25.6 Å². The van der Waals surface area contributed by atoms with Gasteiger partial charge in [0, 0.05) is 43.0 Å². The summed E-state index contributed by atoms with van der Waals surface area (Å²) in [5.41, 5.74) is 2.32. The third-order valence-corrected chi connectivity index (χ3v) is 5.27. The minimum absolute atomic E-state index is 0.177. The van der Waals surface area contributed by atoms with E-state index in [4.69, 9.17) is 4.74 Å². The minimum atomic E-state index is -0.638. The van der Waals surface area contributed by atoms with Gasteiger partial charge in [0.15, 0.2) is 0 Å². The Morgan fingerprint density at radius 3 is 2.44 bits per heavy atom. The van der Waals surface area contributed by atoms with Gasteiger partial charge in [-0.15, -0.1) is 0 Å². The molecule has 0 saturated heterocycles. The van der Waals surface area contributed by atoms with Crippen LogP contribution in [0.3, 0.4) is 0 Å². The number of nitrogens with zero attached hydrogens (tertiary/aromatic N) is 1. The van der Waals surface area contributed by atoms with E-state index in [0.29, 0.717) is 18.1 Å². The lowest BCUT2D eigenvalue weighted by molar-refractivity contribution is -0.147. The molecule has 0 fully saturated rings. The number of anilines is 1. The van der Waals surface area contributed by atoms with Crippen molar-refractivity contribution in [2.75, 3.05) is 37.1 Å². The molecule has 2 atom stereocenters. The molecule has 0 aliphatic rings. The van der Waals surface area contributed by atoms with Crippen molar-refractivity contribution in [3.63, 3.8) is 0 Å². The molecule has 0 heterocycles. The Bertz CT molecular complexity index is 550. The molecule has 25 heavy (non-hydrogen) atoms. The van der Waals surface area contributed by atoms with Crippen molar-refractivity contribution >= 4 is 42.0 Å². The molecular formula is C18H28N2O3S2. The fraction of sp³-hybridized carbons (Fsp3) is 0.556. The molecule has 1 amide bonds. The number of carbonyl (C=O) groups excluding carboxylic acids is 2. The van der Waals surface area contributed by atoms with Crippen LogP contribution in [0.1, 0.15) is 19.4 Å². The topological polar surface area (TPSA) is 58.6 Å². The number of amides is 1. The van der Waals surface area contributed by atoms with E-state index >= 15 is 0 Å². The highest BCUT2D eigenvalue weighted by molar-refractivity contribution is 7.98. The Morgan fingerprint density at radius 2 is 1.92 bits per heavy atom. The van der Waals surface area contributed by atoms with Gasteiger partial charge in [-0.2, -0.15) is 24.4 Å². The number of benzene rings is 1. The van der Waals surface area contributed by atoms with Crippen LogP contribution < -0.4 is 10.2 Å². The van der Waals surface area contributed by atoms with Crippen molar-refractivity contribution in [1.82, 2.24) is 5.32 Å². The number of carbonyl (C=O) groups is 2. The van der Waals surface area contributed by atoms with Crippen molar-refractivity contribution in [1.29, 1.82) is 0 Å². The second-order valence-corrected chi connectivity index (χ2v) is 7.37. The highest BCUT2D eigenvalue weighted by Gasteiger charge is 2.24. The van der Waals surface area contributed by atoms with Crippen molar-refractivity contribution in [3.8, 4) is 0 Å².